The van der Waals surface area contributed by atoms with Gasteiger partial charge in [-0.15, -0.1) is 0 Å². The van der Waals surface area contributed by atoms with Gasteiger partial charge in [-0.25, -0.2) is 0 Å². The summed E-state index contributed by atoms with van der Waals surface area (Å²) in [6.07, 6.45) is 7.44. The largest absolute Gasteiger partial charge is 0.300 e. The van der Waals surface area contributed by atoms with E-state index in [-0.39, 0.29) is 5.41 Å². The lowest BCUT2D eigenvalue weighted by molar-refractivity contribution is 0.661. The lowest BCUT2D eigenvalue weighted by Crippen LogP contribution is -2.15. The van der Waals surface area contributed by atoms with Crippen LogP contribution in [0.3, 0.4) is 0 Å². The molecule has 10 rings (SSSR count). The number of hydrogen-bond acceptors (Lipinski definition) is 3. The first-order chi connectivity index (χ1) is 28.9. The molecule has 0 radical (unpaired) electrons. The number of nitrogens with zero attached hydrogens (tertiary/aromatic N) is 2. The highest BCUT2D eigenvalue weighted by molar-refractivity contribution is 6.12. The Morgan fingerprint density at radius 3 is 2.02 bits per heavy atom. The Morgan fingerprint density at radius 1 is 0.525 bits per heavy atom. The molecule has 0 spiro atoms. The predicted octanol–water partition coefficient (Wildman–Crippen LogP) is 14.2. The molecule has 1 heterocycles. The number of aliphatic imine (C=N–C) groups is 1. The molecule has 0 atom stereocenters. The fourth-order valence-electron chi connectivity index (χ4n) is 8.78. The third-order valence-electron chi connectivity index (χ3n) is 11.9. The smallest absolute Gasteiger partial charge is 0.0723 e. The van der Waals surface area contributed by atoms with E-state index in [1.165, 1.54) is 49.7 Å². The Kier molecular flexibility index (Phi) is 8.99. The minimum atomic E-state index is -0.0846. The molecule has 0 saturated carbocycles. The highest BCUT2D eigenvalue weighted by Crippen LogP contribution is 2.52. The number of fused-ring (bicyclic) bond motifs is 6. The highest BCUT2D eigenvalue weighted by atomic mass is 14.7. The number of hydrogen-bond donors (Lipinski definition) is 1. The molecule has 280 valence electrons. The fraction of sp³-hybridized carbons (Fsp3) is 0.0536. The Hall–Kier alpha value is -7.49. The van der Waals surface area contributed by atoms with Gasteiger partial charge < -0.3 is 5.41 Å². The average Bonchev–Trinajstić information content (AvgIpc) is 3.53. The van der Waals surface area contributed by atoms with Gasteiger partial charge >= 0.3 is 0 Å². The van der Waals surface area contributed by atoms with Crippen molar-refractivity contribution in [1.29, 1.82) is 5.41 Å². The van der Waals surface area contributed by atoms with E-state index in [1.807, 2.05) is 61.0 Å². The van der Waals surface area contributed by atoms with E-state index in [9.17, 15) is 0 Å². The van der Waals surface area contributed by atoms with Crippen molar-refractivity contribution in [2.45, 2.75) is 19.3 Å². The molecule has 0 bridgehead atoms. The van der Waals surface area contributed by atoms with Crippen molar-refractivity contribution in [2.75, 3.05) is 0 Å². The Bertz CT molecular complexity index is 3120. The van der Waals surface area contributed by atoms with Crippen LogP contribution in [0.2, 0.25) is 0 Å². The fourth-order valence-corrected chi connectivity index (χ4v) is 8.78. The lowest BCUT2D eigenvalue weighted by atomic mass is 9.81. The van der Waals surface area contributed by atoms with Gasteiger partial charge in [0.15, 0.2) is 0 Å². The third-order valence-corrected chi connectivity index (χ3v) is 11.9. The number of nitrogens with one attached hydrogen (secondary N) is 1. The van der Waals surface area contributed by atoms with Gasteiger partial charge in [0.2, 0.25) is 0 Å². The van der Waals surface area contributed by atoms with Gasteiger partial charge in [-0.1, -0.05) is 178 Å². The van der Waals surface area contributed by atoms with Crippen molar-refractivity contribution in [3.8, 4) is 44.5 Å². The Labute approximate surface area is 345 Å². The molecule has 1 aliphatic rings. The summed E-state index contributed by atoms with van der Waals surface area (Å²) in [4.78, 5) is 9.43. The average molecular weight is 756 g/mol. The number of pyridine rings is 1. The van der Waals surface area contributed by atoms with Crippen molar-refractivity contribution in [3.63, 3.8) is 0 Å². The summed E-state index contributed by atoms with van der Waals surface area (Å²) in [5.41, 5.74) is 16.1. The van der Waals surface area contributed by atoms with Gasteiger partial charge in [-0.2, -0.15) is 0 Å². The summed E-state index contributed by atoms with van der Waals surface area (Å²) in [7, 11) is 0. The van der Waals surface area contributed by atoms with Gasteiger partial charge in [0, 0.05) is 40.7 Å². The van der Waals surface area contributed by atoms with Crippen molar-refractivity contribution in [1.82, 2.24) is 4.98 Å². The van der Waals surface area contributed by atoms with E-state index in [2.05, 4.69) is 158 Å². The first-order valence-corrected chi connectivity index (χ1v) is 20.1. The number of allylic oxidation sites excluding steroid dienone is 1. The number of rotatable bonds is 8. The SMILES string of the molecule is CC1(C)c2cc(-c3ccc(-c4ccc(C=N/C(=C\C(=N)c5ccccc5)c5cccc(-c6cccnc6)c5)c5ccccc45)cc3)ccc2-c2c1ccc1ccccc21. The van der Waals surface area contributed by atoms with Gasteiger partial charge in [0.1, 0.15) is 0 Å². The van der Waals surface area contributed by atoms with Crippen LogP contribution in [0.4, 0.5) is 0 Å². The number of aromatic nitrogens is 1. The van der Waals surface area contributed by atoms with Gasteiger partial charge in [-0.3, -0.25) is 9.98 Å². The van der Waals surface area contributed by atoms with Crippen molar-refractivity contribution in [3.05, 3.63) is 228 Å². The summed E-state index contributed by atoms with van der Waals surface area (Å²) >= 11 is 0. The van der Waals surface area contributed by atoms with Crippen LogP contribution in [0, 0.1) is 5.41 Å². The molecule has 0 amide bonds. The summed E-state index contributed by atoms with van der Waals surface area (Å²) in [6.45, 7) is 4.71. The summed E-state index contributed by atoms with van der Waals surface area (Å²) in [5.74, 6) is 0. The van der Waals surface area contributed by atoms with Gasteiger partial charge in [0.05, 0.1) is 11.4 Å². The zero-order valence-corrected chi connectivity index (χ0v) is 33.0. The normalized spacial score (nSPS) is 13.2. The van der Waals surface area contributed by atoms with Crippen LogP contribution >= 0.6 is 0 Å². The molecule has 0 saturated heterocycles. The van der Waals surface area contributed by atoms with Crippen LogP contribution in [0.1, 0.15) is 41.7 Å². The maximum Gasteiger partial charge on any atom is 0.0723 e. The summed E-state index contributed by atoms with van der Waals surface area (Å²) in [6, 6.07) is 64.3. The minimum Gasteiger partial charge on any atom is -0.300 e. The van der Waals surface area contributed by atoms with E-state index in [4.69, 9.17) is 10.4 Å². The molecule has 3 nitrogen and oxygen atoms in total. The quantitative estimate of drug-likeness (QED) is 0.154. The lowest BCUT2D eigenvalue weighted by Gasteiger charge is -2.22. The minimum absolute atomic E-state index is 0.0846. The number of benzene rings is 8. The first kappa shape index (κ1) is 35.9. The van der Waals surface area contributed by atoms with Crippen LogP contribution in [0.25, 0.3) is 71.7 Å². The molecule has 59 heavy (non-hydrogen) atoms. The Balaban J connectivity index is 0.981. The molecule has 0 unspecified atom stereocenters. The van der Waals surface area contributed by atoms with Crippen molar-refractivity contribution < 1.29 is 0 Å². The van der Waals surface area contributed by atoms with E-state index < -0.39 is 0 Å². The van der Waals surface area contributed by atoms with E-state index in [0.717, 1.165) is 44.2 Å². The zero-order chi connectivity index (χ0) is 39.9. The molecule has 0 aliphatic heterocycles. The maximum atomic E-state index is 8.98. The molecule has 1 aromatic heterocycles. The molecular weight excluding hydrogens is 715 g/mol. The van der Waals surface area contributed by atoms with Crippen LogP contribution in [0.5, 0.6) is 0 Å². The Morgan fingerprint density at radius 2 is 1.20 bits per heavy atom. The third kappa shape index (κ3) is 6.57. The molecular formula is C56H41N3. The molecule has 1 N–H and O–H groups in total. The topological polar surface area (TPSA) is 49.1 Å². The monoisotopic (exact) mass is 755 g/mol. The summed E-state index contributed by atoms with van der Waals surface area (Å²) in [5, 5.41) is 13.9. The molecule has 3 heteroatoms. The van der Waals surface area contributed by atoms with E-state index in [0.29, 0.717) is 11.4 Å². The van der Waals surface area contributed by atoms with Gasteiger partial charge in [-0.05, 0) is 101 Å². The molecule has 0 fully saturated rings. The zero-order valence-electron chi connectivity index (χ0n) is 33.0. The highest BCUT2D eigenvalue weighted by Gasteiger charge is 2.36. The van der Waals surface area contributed by atoms with Crippen molar-refractivity contribution >= 4 is 39.2 Å². The first-order valence-electron chi connectivity index (χ1n) is 20.1. The predicted molar refractivity (Wildman–Crippen MR) is 248 cm³/mol. The van der Waals surface area contributed by atoms with Crippen LogP contribution < -0.4 is 0 Å². The maximum absolute atomic E-state index is 8.98. The van der Waals surface area contributed by atoms with Crippen LogP contribution in [-0.2, 0) is 5.41 Å². The second-order valence-corrected chi connectivity index (χ2v) is 15.8. The molecule has 1 aliphatic carbocycles. The molecule has 9 aromatic rings. The molecule has 8 aromatic carbocycles. The van der Waals surface area contributed by atoms with Gasteiger partial charge in [0.25, 0.3) is 0 Å². The summed E-state index contributed by atoms with van der Waals surface area (Å²) < 4.78 is 0. The van der Waals surface area contributed by atoms with Crippen molar-refractivity contribution in [2.24, 2.45) is 4.99 Å². The van der Waals surface area contributed by atoms with Crippen LogP contribution in [0.15, 0.2) is 205 Å². The van der Waals surface area contributed by atoms with Crippen LogP contribution in [-0.4, -0.2) is 16.9 Å². The van der Waals surface area contributed by atoms with E-state index >= 15 is 0 Å². The second kappa shape index (κ2) is 14.8. The van der Waals surface area contributed by atoms with E-state index in [1.54, 1.807) is 6.20 Å². The second-order valence-electron chi connectivity index (χ2n) is 15.8. The standard InChI is InChI=1S/C56H41N3/c1-56(2)51-30-27-38-12-6-7-19-48(38)55(51)50-29-25-42(33-52(50)56)37-21-23-39(24-22-37)47-28-26-45(46-18-8-9-20-49(46)47)36-59-54(34-53(57)40-13-4-3-5-14-40)43-16-10-15-41(32-43)44-17-11-31-58-35-44/h3-36,57H,1-2H3/b54-34-,57-53?,59-36?.